The predicted octanol–water partition coefficient (Wildman–Crippen LogP) is -0.398. The van der Waals surface area contributed by atoms with E-state index in [1.165, 1.54) is 24.3 Å². The van der Waals surface area contributed by atoms with E-state index < -0.39 is 42.3 Å². The van der Waals surface area contributed by atoms with Gasteiger partial charge in [0.25, 0.3) is 0 Å². The number of aliphatic hydroxyl groups is 3. The molecule has 0 radical (unpaired) electrons. The van der Waals surface area contributed by atoms with Gasteiger partial charge in [0.15, 0.2) is 11.5 Å². The van der Waals surface area contributed by atoms with E-state index in [4.69, 9.17) is 4.74 Å². The SMILES string of the molecule is O=C(C=Cc1ccc(O)c(O)c1)O[C@@H]1C[C@](CO)(C(=O)O)CC(O)C1O. The molecule has 142 valence electrons. The minimum absolute atomic E-state index is 0.321. The van der Waals surface area contributed by atoms with Crippen LogP contribution in [-0.4, -0.2) is 67.5 Å². The first kappa shape index (κ1) is 19.7. The van der Waals surface area contributed by atoms with Gasteiger partial charge in [-0.2, -0.15) is 0 Å². The van der Waals surface area contributed by atoms with E-state index in [1.807, 2.05) is 0 Å². The van der Waals surface area contributed by atoms with Gasteiger partial charge >= 0.3 is 11.9 Å². The number of carboxylic acids is 1. The average molecular weight is 368 g/mol. The fourth-order valence-corrected chi connectivity index (χ4v) is 2.84. The summed E-state index contributed by atoms with van der Waals surface area (Å²) in [6, 6.07) is 3.86. The lowest BCUT2D eigenvalue weighted by Gasteiger charge is -2.41. The van der Waals surface area contributed by atoms with Crippen LogP contribution in [0.5, 0.6) is 11.5 Å². The Labute approximate surface area is 148 Å². The standard InChI is InChI=1S/C17H20O9/c18-8-17(16(24)25)6-12(21)15(23)13(7-17)26-14(22)4-2-9-1-3-10(19)11(20)5-9/h1-5,12-13,15,18-21,23H,6-8H2,(H,24,25)/t12?,13-,15?,17-/m1/s1. The lowest BCUT2D eigenvalue weighted by molar-refractivity contribution is -0.186. The molecule has 1 aliphatic rings. The summed E-state index contributed by atoms with van der Waals surface area (Å²) in [4.78, 5) is 23.3. The van der Waals surface area contributed by atoms with Crippen LogP contribution < -0.4 is 0 Å². The van der Waals surface area contributed by atoms with Crippen LogP contribution in [0.4, 0.5) is 0 Å². The lowest BCUT2D eigenvalue weighted by Crippen LogP contribution is -2.54. The molecule has 1 fully saturated rings. The highest BCUT2D eigenvalue weighted by Gasteiger charge is 2.51. The molecule has 0 heterocycles. The van der Waals surface area contributed by atoms with Crippen molar-refractivity contribution < 1.29 is 45.0 Å². The van der Waals surface area contributed by atoms with Crippen LogP contribution in [-0.2, 0) is 14.3 Å². The van der Waals surface area contributed by atoms with Crippen molar-refractivity contribution in [3.63, 3.8) is 0 Å². The molecule has 0 amide bonds. The molecule has 1 aromatic carbocycles. The molecule has 26 heavy (non-hydrogen) atoms. The molecule has 2 rings (SSSR count). The van der Waals surface area contributed by atoms with Crippen molar-refractivity contribution in [1.29, 1.82) is 0 Å². The van der Waals surface area contributed by atoms with Gasteiger partial charge in [0, 0.05) is 12.5 Å². The first-order valence-electron chi connectivity index (χ1n) is 7.79. The molecule has 4 atom stereocenters. The van der Waals surface area contributed by atoms with E-state index in [-0.39, 0.29) is 24.3 Å². The Hall–Kier alpha value is -2.62. The van der Waals surface area contributed by atoms with Gasteiger partial charge in [0.2, 0.25) is 0 Å². The van der Waals surface area contributed by atoms with E-state index in [1.54, 1.807) is 0 Å². The number of aliphatic carboxylic acids is 1. The van der Waals surface area contributed by atoms with Gasteiger partial charge in [-0.1, -0.05) is 6.07 Å². The van der Waals surface area contributed by atoms with Crippen LogP contribution in [0, 0.1) is 5.41 Å². The largest absolute Gasteiger partial charge is 0.504 e. The lowest BCUT2D eigenvalue weighted by atomic mass is 9.71. The maximum Gasteiger partial charge on any atom is 0.331 e. The molecule has 1 aliphatic carbocycles. The summed E-state index contributed by atoms with van der Waals surface area (Å²) < 4.78 is 5.03. The zero-order valence-electron chi connectivity index (χ0n) is 13.6. The molecule has 0 aliphatic heterocycles. The van der Waals surface area contributed by atoms with Gasteiger partial charge in [-0.25, -0.2) is 4.79 Å². The molecule has 6 N–H and O–H groups in total. The molecule has 0 bridgehead atoms. The molecular formula is C17H20O9. The quantitative estimate of drug-likeness (QED) is 0.230. The van der Waals surface area contributed by atoms with Gasteiger partial charge in [0.05, 0.1) is 18.1 Å². The second kappa shape index (κ2) is 7.73. The van der Waals surface area contributed by atoms with E-state index in [0.29, 0.717) is 5.56 Å². The third-order valence-corrected chi connectivity index (χ3v) is 4.40. The van der Waals surface area contributed by atoms with E-state index in [2.05, 4.69) is 0 Å². The Kier molecular flexibility index (Phi) is 5.86. The van der Waals surface area contributed by atoms with Gasteiger partial charge in [0.1, 0.15) is 12.2 Å². The maximum atomic E-state index is 11.9. The topological polar surface area (TPSA) is 165 Å². The second-order valence-electron chi connectivity index (χ2n) is 6.27. The number of esters is 1. The number of carboxylic acid groups (broad SMARTS) is 1. The number of hydrogen-bond acceptors (Lipinski definition) is 8. The second-order valence-corrected chi connectivity index (χ2v) is 6.27. The van der Waals surface area contributed by atoms with Gasteiger partial charge in [-0.15, -0.1) is 0 Å². The summed E-state index contributed by atoms with van der Waals surface area (Å²) in [5.74, 6) is -2.96. The van der Waals surface area contributed by atoms with Crippen LogP contribution in [0.25, 0.3) is 6.08 Å². The highest BCUT2D eigenvalue weighted by molar-refractivity contribution is 5.87. The number of hydrogen-bond donors (Lipinski definition) is 6. The Bertz CT molecular complexity index is 714. The highest BCUT2D eigenvalue weighted by atomic mass is 16.6. The minimum Gasteiger partial charge on any atom is -0.504 e. The number of rotatable bonds is 5. The summed E-state index contributed by atoms with van der Waals surface area (Å²) in [5, 5.41) is 57.1. The van der Waals surface area contributed by atoms with Crippen molar-refractivity contribution >= 4 is 18.0 Å². The molecule has 0 spiro atoms. The van der Waals surface area contributed by atoms with Crippen LogP contribution in [0.1, 0.15) is 18.4 Å². The summed E-state index contributed by atoms with van der Waals surface area (Å²) in [5.41, 5.74) is -1.33. The van der Waals surface area contributed by atoms with Crippen LogP contribution in [0.15, 0.2) is 24.3 Å². The molecule has 0 aromatic heterocycles. The molecule has 1 saturated carbocycles. The Morgan fingerprint density at radius 1 is 1.19 bits per heavy atom. The molecule has 2 unspecified atom stereocenters. The van der Waals surface area contributed by atoms with Crippen LogP contribution >= 0.6 is 0 Å². The maximum absolute atomic E-state index is 11.9. The monoisotopic (exact) mass is 368 g/mol. The van der Waals surface area contributed by atoms with Gasteiger partial charge < -0.3 is 35.4 Å². The number of aliphatic hydroxyl groups excluding tert-OH is 3. The van der Waals surface area contributed by atoms with Crippen molar-refractivity contribution in [2.24, 2.45) is 5.41 Å². The molecule has 9 heteroatoms. The summed E-state index contributed by atoms with van der Waals surface area (Å²) >= 11 is 0. The third kappa shape index (κ3) is 4.13. The normalized spacial score (nSPS) is 28.8. The number of carbonyl (C=O) groups is 2. The number of benzene rings is 1. The fourth-order valence-electron chi connectivity index (χ4n) is 2.84. The first-order chi connectivity index (χ1) is 12.2. The Balaban J connectivity index is 2.09. The number of aromatic hydroxyl groups is 2. The molecule has 9 nitrogen and oxygen atoms in total. The Morgan fingerprint density at radius 2 is 1.88 bits per heavy atom. The smallest absolute Gasteiger partial charge is 0.331 e. The molecular weight excluding hydrogens is 348 g/mol. The van der Waals surface area contributed by atoms with Crippen molar-refractivity contribution in [1.82, 2.24) is 0 Å². The first-order valence-corrected chi connectivity index (χ1v) is 7.79. The zero-order valence-corrected chi connectivity index (χ0v) is 13.6. The third-order valence-electron chi connectivity index (χ3n) is 4.40. The van der Waals surface area contributed by atoms with Crippen LogP contribution in [0.3, 0.4) is 0 Å². The zero-order chi connectivity index (χ0) is 19.5. The van der Waals surface area contributed by atoms with E-state index >= 15 is 0 Å². The summed E-state index contributed by atoms with van der Waals surface area (Å²) in [7, 11) is 0. The predicted molar refractivity (Wildman–Crippen MR) is 87.1 cm³/mol. The van der Waals surface area contributed by atoms with E-state index in [9.17, 15) is 40.2 Å². The minimum atomic E-state index is -1.71. The van der Waals surface area contributed by atoms with Crippen molar-refractivity contribution in [2.45, 2.75) is 31.2 Å². The van der Waals surface area contributed by atoms with Crippen LogP contribution in [0.2, 0.25) is 0 Å². The number of phenolic OH excluding ortho intramolecular Hbond substituents is 2. The fraction of sp³-hybridized carbons (Fsp3) is 0.412. The van der Waals surface area contributed by atoms with E-state index in [0.717, 1.165) is 6.08 Å². The van der Waals surface area contributed by atoms with Crippen molar-refractivity contribution in [3.8, 4) is 11.5 Å². The Morgan fingerprint density at radius 3 is 2.46 bits per heavy atom. The number of carbonyl (C=O) groups excluding carboxylic acids is 1. The number of ether oxygens (including phenoxy) is 1. The van der Waals surface area contributed by atoms with Gasteiger partial charge in [-0.05, 0) is 30.2 Å². The van der Waals surface area contributed by atoms with Crippen molar-refractivity contribution in [2.75, 3.05) is 6.61 Å². The average Bonchev–Trinajstić information content (AvgIpc) is 2.59. The molecule has 0 saturated heterocycles. The number of phenols is 2. The highest BCUT2D eigenvalue weighted by Crippen LogP contribution is 2.38. The molecule has 1 aromatic rings. The summed E-state index contributed by atoms with van der Waals surface area (Å²) in [6.45, 7) is -0.775. The summed E-state index contributed by atoms with van der Waals surface area (Å²) in [6.07, 6.45) is -2.71. The van der Waals surface area contributed by atoms with Crippen molar-refractivity contribution in [3.05, 3.63) is 29.8 Å². The van der Waals surface area contributed by atoms with Gasteiger partial charge in [-0.3, -0.25) is 4.79 Å².